The first-order chi connectivity index (χ1) is 8.65. The minimum absolute atomic E-state index is 0.197. The zero-order chi connectivity index (χ0) is 13.2. The van der Waals surface area contributed by atoms with Gasteiger partial charge in [0.1, 0.15) is 0 Å². The fourth-order valence-corrected chi connectivity index (χ4v) is 1.71. The van der Waals surface area contributed by atoms with Crippen molar-refractivity contribution in [3.63, 3.8) is 0 Å². The maximum Gasteiger partial charge on any atom is 0.160 e. The minimum atomic E-state index is -0.804. The van der Waals surface area contributed by atoms with Crippen molar-refractivity contribution in [2.75, 3.05) is 24.3 Å². The third kappa shape index (κ3) is 1.98. The molecule has 2 rings (SSSR count). The van der Waals surface area contributed by atoms with E-state index in [1.54, 1.807) is 12.1 Å². The third-order valence-electron chi connectivity index (χ3n) is 3.13. The van der Waals surface area contributed by atoms with Crippen LogP contribution in [0.15, 0.2) is 16.8 Å². The summed E-state index contributed by atoms with van der Waals surface area (Å²) in [6.07, 6.45) is 0.553. The van der Waals surface area contributed by atoms with Crippen LogP contribution in [0.3, 0.4) is 0 Å². The van der Waals surface area contributed by atoms with Gasteiger partial charge in [-0.25, -0.2) is 4.63 Å². The molecule has 7 nitrogen and oxygen atoms in total. The molecule has 0 aliphatic rings. The zero-order valence-electron chi connectivity index (χ0n) is 10.1. The molecule has 0 fully saturated rings. The molecule has 0 saturated heterocycles. The van der Waals surface area contributed by atoms with Crippen molar-refractivity contribution < 1.29 is 14.8 Å². The van der Waals surface area contributed by atoms with Crippen LogP contribution >= 0.6 is 0 Å². The molecular weight excluding hydrogens is 236 g/mol. The van der Waals surface area contributed by atoms with E-state index in [0.29, 0.717) is 28.8 Å². The Labute approximate surface area is 104 Å². The largest absolute Gasteiger partial charge is 0.397 e. The maximum absolute atomic E-state index is 9.41. The van der Waals surface area contributed by atoms with Crippen LogP contribution in [0.25, 0.3) is 11.0 Å². The molecule has 0 amide bonds. The number of nitrogens with zero attached hydrogens (tertiary/aromatic N) is 2. The van der Waals surface area contributed by atoms with Crippen LogP contribution in [0.4, 0.5) is 11.4 Å². The van der Waals surface area contributed by atoms with E-state index in [2.05, 4.69) is 20.3 Å². The van der Waals surface area contributed by atoms with Gasteiger partial charge in [-0.15, -0.1) is 0 Å². The Balaban J connectivity index is 2.43. The van der Waals surface area contributed by atoms with Crippen molar-refractivity contribution in [3.8, 4) is 0 Å². The summed E-state index contributed by atoms with van der Waals surface area (Å²) in [5, 5.41) is 29.4. The van der Waals surface area contributed by atoms with Gasteiger partial charge in [-0.1, -0.05) is 6.92 Å². The minimum Gasteiger partial charge on any atom is -0.397 e. The van der Waals surface area contributed by atoms with Gasteiger partial charge < -0.3 is 21.3 Å². The van der Waals surface area contributed by atoms with Gasteiger partial charge in [0.25, 0.3) is 0 Å². The molecule has 0 unspecified atom stereocenters. The number of hydrogen-bond acceptors (Lipinski definition) is 7. The molecule has 0 atom stereocenters. The molecular formula is C11H16N4O3. The van der Waals surface area contributed by atoms with Gasteiger partial charge in [0.2, 0.25) is 0 Å². The normalized spacial score (nSPS) is 11.9. The molecule has 1 aromatic heterocycles. The first kappa shape index (κ1) is 12.6. The van der Waals surface area contributed by atoms with Crippen molar-refractivity contribution in [2.24, 2.45) is 0 Å². The molecule has 98 valence electrons. The SMILES string of the molecule is CCC(CO)(CO)Nc1ccc(N)c2nonc12. The van der Waals surface area contributed by atoms with Gasteiger partial charge in [-0.05, 0) is 28.9 Å². The number of hydrogen-bond donors (Lipinski definition) is 4. The van der Waals surface area contributed by atoms with Crippen molar-refractivity contribution in [1.82, 2.24) is 10.3 Å². The highest BCUT2D eigenvalue weighted by Gasteiger charge is 2.27. The van der Waals surface area contributed by atoms with E-state index in [9.17, 15) is 10.2 Å². The number of benzene rings is 1. The zero-order valence-corrected chi connectivity index (χ0v) is 10.1. The summed E-state index contributed by atoms with van der Waals surface area (Å²) < 4.78 is 4.66. The van der Waals surface area contributed by atoms with E-state index >= 15 is 0 Å². The van der Waals surface area contributed by atoms with E-state index in [-0.39, 0.29) is 13.2 Å². The maximum atomic E-state index is 9.41. The van der Waals surface area contributed by atoms with E-state index in [1.165, 1.54) is 0 Å². The second-order valence-corrected chi connectivity index (χ2v) is 4.24. The summed E-state index contributed by atoms with van der Waals surface area (Å²) in [6, 6.07) is 3.39. The molecule has 5 N–H and O–H groups in total. The molecule has 7 heteroatoms. The Hall–Kier alpha value is -1.86. The van der Waals surface area contributed by atoms with Crippen molar-refractivity contribution in [1.29, 1.82) is 0 Å². The predicted molar refractivity (Wildman–Crippen MR) is 67.0 cm³/mol. The van der Waals surface area contributed by atoms with Gasteiger partial charge in [0.15, 0.2) is 11.0 Å². The Bertz CT molecular complexity index is 528. The van der Waals surface area contributed by atoms with E-state index in [1.807, 2.05) is 6.92 Å². The summed E-state index contributed by atoms with van der Waals surface area (Å²) in [6.45, 7) is 1.48. The average molecular weight is 252 g/mol. The number of nitrogens with two attached hydrogens (primary N) is 1. The lowest BCUT2D eigenvalue weighted by Gasteiger charge is -2.30. The van der Waals surface area contributed by atoms with Crippen molar-refractivity contribution in [2.45, 2.75) is 18.9 Å². The average Bonchev–Trinajstić information content (AvgIpc) is 2.89. The summed E-state index contributed by atoms with van der Waals surface area (Å²) >= 11 is 0. The first-order valence-electron chi connectivity index (χ1n) is 5.66. The third-order valence-corrected chi connectivity index (χ3v) is 3.13. The van der Waals surface area contributed by atoms with Crippen LogP contribution in [0, 0.1) is 0 Å². The summed E-state index contributed by atoms with van der Waals surface area (Å²) in [7, 11) is 0. The highest BCUT2D eigenvalue weighted by molar-refractivity contribution is 5.95. The predicted octanol–water partition coefficient (Wildman–Crippen LogP) is 0.350. The molecule has 2 aromatic rings. The van der Waals surface area contributed by atoms with Crippen LogP contribution in [-0.4, -0.2) is 39.3 Å². The molecule has 0 spiro atoms. The number of nitrogen functional groups attached to an aromatic ring is 1. The Morgan fingerprint density at radius 2 is 1.94 bits per heavy atom. The van der Waals surface area contributed by atoms with E-state index in [0.717, 1.165) is 0 Å². The van der Waals surface area contributed by atoms with Gasteiger partial charge in [-0.2, -0.15) is 0 Å². The smallest absolute Gasteiger partial charge is 0.160 e. The molecule has 1 heterocycles. The second-order valence-electron chi connectivity index (χ2n) is 4.24. The fraction of sp³-hybridized carbons (Fsp3) is 0.455. The highest BCUT2D eigenvalue weighted by Crippen LogP contribution is 2.28. The fourth-order valence-electron chi connectivity index (χ4n) is 1.71. The number of aromatic nitrogens is 2. The lowest BCUT2D eigenvalue weighted by Crippen LogP contribution is -2.45. The number of aliphatic hydroxyl groups excluding tert-OH is 2. The lowest BCUT2D eigenvalue weighted by atomic mass is 9.98. The summed E-state index contributed by atoms with van der Waals surface area (Å²) in [4.78, 5) is 0. The van der Waals surface area contributed by atoms with Crippen LogP contribution in [0.1, 0.15) is 13.3 Å². The quantitative estimate of drug-likeness (QED) is 0.567. The Morgan fingerprint density at radius 1 is 1.28 bits per heavy atom. The number of aliphatic hydroxyl groups is 2. The molecule has 0 radical (unpaired) electrons. The molecule has 0 aliphatic carbocycles. The second kappa shape index (κ2) is 4.79. The molecule has 0 bridgehead atoms. The first-order valence-corrected chi connectivity index (χ1v) is 5.66. The molecule has 1 aromatic carbocycles. The number of fused-ring (bicyclic) bond motifs is 1. The van der Waals surface area contributed by atoms with Crippen LogP contribution in [0.2, 0.25) is 0 Å². The molecule has 0 saturated carbocycles. The number of nitrogens with one attached hydrogen (secondary N) is 1. The number of anilines is 2. The molecule has 0 aliphatic heterocycles. The monoisotopic (exact) mass is 252 g/mol. The van der Waals surface area contributed by atoms with Crippen LogP contribution in [0.5, 0.6) is 0 Å². The van der Waals surface area contributed by atoms with Gasteiger partial charge in [0.05, 0.1) is 30.1 Å². The van der Waals surface area contributed by atoms with Crippen LogP contribution < -0.4 is 11.1 Å². The van der Waals surface area contributed by atoms with Gasteiger partial charge >= 0.3 is 0 Å². The lowest BCUT2D eigenvalue weighted by molar-refractivity contribution is 0.132. The summed E-state index contributed by atoms with van der Waals surface area (Å²) in [5.74, 6) is 0. The van der Waals surface area contributed by atoms with E-state index < -0.39 is 5.54 Å². The topological polar surface area (TPSA) is 117 Å². The van der Waals surface area contributed by atoms with E-state index in [4.69, 9.17) is 5.73 Å². The van der Waals surface area contributed by atoms with Gasteiger partial charge in [-0.3, -0.25) is 0 Å². The molecule has 18 heavy (non-hydrogen) atoms. The number of rotatable bonds is 5. The standard InChI is InChI=1S/C11H16N4O3/c1-2-11(5-16,6-17)13-8-4-3-7(12)9-10(8)15-18-14-9/h3-4,13,16-17H,2,5-6,12H2,1H3. The highest BCUT2D eigenvalue weighted by atomic mass is 16.6. The Morgan fingerprint density at radius 3 is 2.56 bits per heavy atom. The van der Waals surface area contributed by atoms with Crippen molar-refractivity contribution in [3.05, 3.63) is 12.1 Å². The van der Waals surface area contributed by atoms with Crippen LogP contribution in [-0.2, 0) is 0 Å². The Kier molecular flexibility index (Phi) is 3.35. The van der Waals surface area contributed by atoms with Crippen molar-refractivity contribution >= 4 is 22.4 Å². The summed E-state index contributed by atoms with van der Waals surface area (Å²) in [5.41, 5.74) is 6.96. The van der Waals surface area contributed by atoms with Gasteiger partial charge in [0, 0.05) is 0 Å².